The number of Topliss-reactive ketones (excluding diaryl/α,β-unsaturated/α-hetero) is 1. The maximum absolute atomic E-state index is 11.1. The van der Waals surface area contributed by atoms with E-state index in [1.54, 1.807) is 12.2 Å². The van der Waals surface area contributed by atoms with Gasteiger partial charge in [-0.2, -0.15) is 0 Å². The Morgan fingerprint density at radius 2 is 2.08 bits per heavy atom. The van der Waals surface area contributed by atoms with Gasteiger partial charge >= 0.3 is 5.97 Å². The van der Waals surface area contributed by atoms with Gasteiger partial charge in [0.1, 0.15) is 5.78 Å². The third kappa shape index (κ3) is 5.17. The molecule has 0 aromatic heterocycles. The Labute approximate surface area is 78.8 Å². The van der Waals surface area contributed by atoms with Crippen molar-refractivity contribution in [1.82, 2.24) is 0 Å². The fourth-order valence-electron chi connectivity index (χ4n) is 1.04. The average molecular weight is 184 g/mol. The summed E-state index contributed by atoms with van der Waals surface area (Å²) in [5.41, 5.74) is 0. The van der Waals surface area contributed by atoms with Crippen molar-refractivity contribution in [3.8, 4) is 0 Å². The highest BCUT2D eigenvalue weighted by Gasteiger charge is 2.15. The minimum absolute atomic E-state index is 0.0957. The Kier molecular flexibility index (Phi) is 5.85. The van der Waals surface area contributed by atoms with Crippen molar-refractivity contribution < 1.29 is 14.3 Å². The number of esters is 1. The minimum atomic E-state index is -0.279. The van der Waals surface area contributed by atoms with Crippen molar-refractivity contribution in [1.29, 1.82) is 0 Å². The Balaban J connectivity index is 4.09. The first kappa shape index (κ1) is 11.9. The zero-order chi connectivity index (χ0) is 10.3. The molecule has 0 amide bonds. The largest absolute Gasteiger partial charge is 0.469 e. The maximum atomic E-state index is 11.1. The third-order valence-electron chi connectivity index (χ3n) is 1.74. The number of hydrogen-bond donors (Lipinski definition) is 0. The van der Waals surface area contributed by atoms with Crippen molar-refractivity contribution >= 4 is 11.8 Å². The molecule has 0 heterocycles. The molecular formula is C10H16O3. The molecule has 0 N–H and O–H groups in total. The van der Waals surface area contributed by atoms with Crippen molar-refractivity contribution in [2.75, 3.05) is 7.11 Å². The lowest BCUT2D eigenvalue weighted by atomic mass is 10.0. The number of carbonyl (C=O) groups is 2. The van der Waals surface area contributed by atoms with E-state index in [1.807, 2.05) is 6.92 Å². The predicted molar refractivity (Wildman–Crippen MR) is 50.2 cm³/mol. The molecule has 0 spiro atoms. The van der Waals surface area contributed by atoms with E-state index >= 15 is 0 Å². The number of carbonyl (C=O) groups excluding carboxylic acids is 2. The van der Waals surface area contributed by atoms with Crippen molar-refractivity contribution in [3.63, 3.8) is 0 Å². The van der Waals surface area contributed by atoms with Gasteiger partial charge in [-0.3, -0.25) is 4.79 Å². The van der Waals surface area contributed by atoms with Gasteiger partial charge in [-0.05, 0) is 20.3 Å². The van der Waals surface area contributed by atoms with Crippen molar-refractivity contribution in [2.45, 2.75) is 26.7 Å². The van der Waals surface area contributed by atoms with E-state index in [0.717, 1.165) is 0 Å². The van der Waals surface area contributed by atoms with Crippen LogP contribution in [0.2, 0.25) is 0 Å². The highest BCUT2D eigenvalue weighted by molar-refractivity contribution is 5.78. The summed E-state index contributed by atoms with van der Waals surface area (Å²) in [5, 5.41) is 0. The zero-order valence-corrected chi connectivity index (χ0v) is 8.37. The van der Waals surface area contributed by atoms with E-state index < -0.39 is 0 Å². The van der Waals surface area contributed by atoms with Crippen LogP contribution in [0.25, 0.3) is 0 Å². The number of hydrogen-bond acceptors (Lipinski definition) is 3. The molecule has 0 fully saturated rings. The topological polar surface area (TPSA) is 43.4 Å². The Morgan fingerprint density at radius 3 is 2.46 bits per heavy atom. The standard InChI is InChI=1S/C10H16O3/c1-4-5-9(10(12)13-3)7-6-8(2)11/h4-5,9H,6-7H2,1-3H3/b5-4+. The van der Waals surface area contributed by atoms with E-state index in [9.17, 15) is 9.59 Å². The maximum Gasteiger partial charge on any atom is 0.312 e. The highest BCUT2D eigenvalue weighted by atomic mass is 16.5. The van der Waals surface area contributed by atoms with Gasteiger partial charge in [0.05, 0.1) is 13.0 Å². The molecule has 74 valence electrons. The molecule has 0 saturated heterocycles. The second-order valence-corrected chi connectivity index (χ2v) is 2.90. The summed E-state index contributed by atoms with van der Waals surface area (Å²) < 4.78 is 4.60. The van der Waals surface area contributed by atoms with E-state index in [1.165, 1.54) is 14.0 Å². The predicted octanol–water partition coefficient (Wildman–Crippen LogP) is 1.72. The van der Waals surface area contributed by atoms with E-state index in [2.05, 4.69) is 4.74 Å². The summed E-state index contributed by atoms with van der Waals surface area (Å²) >= 11 is 0. The number of methoxy groups -OCH3 is 1. The fourth-order valence-corrected chi connectivity index (χ4v) is 1.04. The highest BCUT2D eigenvalue weighted by Crippen LogP contribution is 2.10. The van der Waals surface area contributed by atoms with Gasteiger partial charge < -0.3 is 9.53 Å². The van der Waals surface area contributed by atoms with Gasteiger partial charge in [-0.15, -0.1) is 0 Å². The molecule has 3 heteroatoms. The molecule has 0 radical (unpaired) electrons. The molecule has 13 heavy (non-hydrogen) atoms. The van der Waals surface area contributed by atoms with Crippen LogP contribution >= 0.6 is 0 Å². The first-order valence-electron chi connectivity index (χ1n) is 4.32. The lowest BCUT2D eigenvalue weighted by Crippen LogP contribution is -2.14. The summed E-state index contributed by atoms with van der Waals surface area (Å²) in [5.74, 6) is -0.461. The molecule has 0 aliphatic rings. The molecule has 0 aromatic carbocycles. The normalized spacial score (nSPS) is 12.8. The number of ketones is 1. The van der Waals surface area contributed by atoms with Crippen LogP contribution in [0.4, 0.5) is 0 Å². The van der Waals surface area contributed by atoms with Crippen LogP contribution < -0.4 is 0 Å². The Morgan fingerprint density at radius 1 is 1.46 bits per heavy atom. The molecule has 0 aromatic rings. The molecule has 3 nitrogen and oxygen atoms in total. The van der Waals surface area contributed by atoms with Gasteiger partial charge in [0, 0.05) is 6.42 Å². The zero-order valence-electron chi connectivity index (χ0n) is 8.37. The summed E-state index contributed by atoms with van der Waals surface area (Å²) in [6, 6.07) is 0. The second kappa shape index (κ2) is 6.40. The summed E-state index contributed by atoms with van der Waals surface area (Å²) in [6.07, 6.45) is 4.51. The summed E-state index contributed by atoms with van der Waals surface area (Å²) in [7, 11) is 1.35. The molecule has 1 atom stereocenters. The second-order valence-electron chi connectivity index (χ2n) is 2.90. The van der Waals surface area contributed by atoms with Crippen LogP contribution in [0.3, 0.4) is 0 Å². The van der Waals surface area contributed by atoms with Gasteiger partial charge in [-0.1, -0.05) is 12.2 Å². The lowest BCUT2D eigenvalue weighted by Gasteiger charge is -2.08. The van der Waals surface area contributed by atoms with Crippen LogP contribution in [0.5, 0.6) is 0 Å². The summed E-state index contributed by atoms with van der Waals surface area (Å²) in [4.78, 5) is 21.8. The molecule has 1 unspecified atom stereocenters. The smallest absolute Gasteiger partial charge is 0.312 e. The average Bonchev–Trinajstić information content (AvgIpc) is 2.10. The van der Waals surface area contributed by atoms with Crippen LogP contribution in [0.15, 0.2) is 12.2 Å². The van der Waals surface area contributed by atoms with Crippen molar-refractivity contribution in [2.24, 2.45) is 5.92 Å². The SMILES string of the molecule is C/C=C/C(CCC(C)=O)C(=O)OC. The van der Waals surface area contributed by atoms with Crippen LogP contribution in [0, 0.1) is 5.92 Å². The molecule has 0 saturated carbocycles. The van der Waals surface area contributed by atoms with Gasteiger partial charge in [-0.25, -0.2) is 0 Å². The molecular weight excluding hydrogens is 168 g/mol. The first-order chi connectivity index (χ1) is 6.11. The quantitative estimate of drug-likeness (QED) is 0.482. The Bertz CT molecular complexity index is 206. The summed E-state index contributed by atoms with van der Waals surface area (Å²) in [6.45, 7) is 3.35. The first-order valence-corrected chi connectivity index (χ1v) is 4.32. The monoisotopic (exact) mass is 184 g/mol. The van der Waals surface area contributed by atoms with E-state index in [-0.39, 0.29) is 17.7 Å². The number of allylic oxidation sites excluding steroid dienone is 1. The van der Waals surface area contributed by atoms with Crippen molar-refractivity contribution in [3.05, 3.63) is 12.2 Å². The van der Waals surface area contributed by atoms with Crippen LogP contribution in [0.1, 0.15) is 26.7 Å². The lowest BCUT2D eigenvalue weighted by molar-refractivity contribution is -0.144. The van der Waals surface area contributed by atoms with Gasteiger partial charge in [0.2, 0.25) is 0 Å². The fraction of sp³-hybridized carbons (Fsp3) is 0.600. The third-order valence-corrected chi connectivity index (χ3v) is 1.74. The molecule has 0 aliphatic heterocycles. The van der Waals surface area contributed by atoms with Crippen LogP contribution in [-0.2, 0) is 14.3 Å². The Hall–Kier alpha value is -1.12. The molecule has 0 rings (SSSR count). The minimum Gasteiger partial charge on any atom is -0.469 e. The van der Waals surface area contributed by atoms with Gasteiger partial charge in [0.25, 0.3) is 0 Å². The number of ether oxygens (including phenoxy) is 1. The molecule has 0 aliphatic carbocycles. The molecule has 0 bridgehead atoms. The van der Waals surface area contributed by atoms with E-state index in [4.69, 9.17) is 0 Å². The van der Waals surface area contributed by atoms with E-state index in [0.29, 0.717) is 12.8 Å². The van der Waals surface area contributed by atoms with Gasteiger partial charge in [0.15, 0.2) is 0 Å². The van der Waals surface area contributed by atoms with Crippen LogP contribution in [-0.4, -0.2) is 18.9 Å². The number of rotatable bonds is 5.